The van der Waals surface area contributed by atoms with E-state index in [0.717, 1.165) is 42.3 Å². The number of nitrogens with two attached hydrogens (primary N) is 1. The van der Waals surface area contributed by atoms with Gasteiger partial charge < -0.3 is 25.3 Å². The lowest BCUT2D eigenvalue weighted by atomic mass is 10.1. The van der Waals surface area contributed by atoms with E-state index in [2.05, 4.69) is 5.32 Å². The molecule has 5 nitrogen and oxygen atoms in total. The average Bonchev–Trinajstić information content (AvgIpc) is 2.58. The van der Waals surface area contributed by atoms with Gasteiger partial charge in [0.05, 0.1) is 27.0 Å². The maximum absolute atomic E-state index is 5.92. The van der Waals surface area contributed by atoms with Gasteiger partial charge in [-0.2, -0.15) is 0 Å². The Balaban J connectivity index is 1.84. The summed E-state index contributed by atoms with van der Waals surface area (Å²) < 4.78 is 15.7. The van der Waals surface area contributed by atoms with Crippen LogP contribution in [0, 0.1) is 0 Å². The molecule has 0 unspecified atom stereocenters. The first-order chi connectivity index (χ1) is 11.2. The number of methoxy groups -OCH3 is 3. The van der Waals surface area contributed by atoms with Gasteiger partial charge in [-0.3, -0.25) is 0 Å². The number of aryl methyl sites for hydroxylation is 1. The minimum atomic E-state index is 0.679. The highest BCUT2D eigenvalue weighted by Crippen LogP contribution is 2.29. The molecule has 0 aliphatic carbocycles. The smallest absolute Gasteiger partial charge is 0.162 e. The summed E-state index contributed by atoms with van der Waals surface area (Å²) in [6.45, 7) is 0.863. The first-order valence-corrected chi connectivity index (χ1v) is 7.56. The highest BCUT2D eigenvalue weighted by molar-refractivity contribution is 5.55. The number of nitrogens with one attached hydrogen (secondary N) is 1. The predicted molar refractivity (Wildman–Crippen MR) is 93.8 cm³/mol. The zero-order valence-corrected chi connectivity index (χ0v) is 13.9. The highest BCUT2D eigenvalue weighted by atomic mass is 16.5. The van der Waals surface area contributed by atoms with Crippen molar-refractivity contribution in [1.82, 2.24) is 0 Å². The molecule has 0 amide bonds. The zero-order chi connectivity index (χ0) is 16.7. The maximum Gasteiger partial charge on any atom is 0.162 e. The van der Waals surface area contributed by atoms with E-state index in [9.17, 15) is 0 Å². The van der Waals surface area contributed by atoms with Crippen LogP contribution in [0.3, 0.4) is 0 Å². The second-order valence-corrected chi connectivity index (χ2v) is 5.18. The van der Waals surface area contributed by atoms with E-state index in [1.165, 1.54) is 5.56 Å². The van der Waals surface area contributed by atoms with Gasteiger partial charge in [-0.1, -0.05) is 6.07 Å². The first-order valence-electron chi connectivity index (χ1n) is 7.56. The van der Waals surface area contributed by atoms with E-state index in [-0.39, 0.29) is 0 Å². The molecule has 3 N–H and O–H groups in total. The van der Waals surface area contributed by atoms with Gasteiger partial charge in [0.25, 0.3) is 0 Å². The van der Waals surface area contributed by atoms with Gasteiger partial charge in [0, 0.05) is 18.3 Å². The molecule has 0 aliphatic rings. The molecule has 2 aromatic carbocycles. The number of ether oxygens (including phenoxy) is 3. The molecule has 124 valence electrons. The highest BCUT2D eigenvalue weighted by Gasteiger charge is 2.04. The number of benzene rings is 2. The van der Waals surface area contributed by atoms with E-state index in [1.54, 1.807) is 21.3 Å². The van der Waals surface area contributed by atoms with Crippen molar-refractivity contribution < 1.29 is 14.2 Å². The van der Waals surface area contributed by atoms with Crippen molar-refractivity contribution in [3.8, 4) is 17.2 Å². The SMILES string of the molecule is COc1ccc(CCCNc2ccc(OC)c(OC)c2)cc1N. The number of hydrogen-bond donors (Lipinski definition) is 2. The number of nitrogen functional groups attached to an aromatic ring is 1. The Morgan fingerprint density at radius 2 is 1.57 bits per heavy atom. The molecule has 0 radical (unpaired) electrons. The van der Waals surface area contributed by atoms with Crippen LogP contribution in [0.2, 0.25) is 0 Å². The topological polar surface area (TPSA) is 65.7 Å². The number of anilines is 2. The van der Waals surface area contributed by atoms with Crippen molar-refractivity contribution in [3.05, 3.63) is 42.0 Å². The normalized spacial score (nSPS) is 10.2. The van der Waals surface area contributed by atoms with E-state index in [4.69, 9.17) is 19.9 Å². The average molecular weight is 316 g/mol. The lowest BCUT2D eigenvalue weighted by Gasteiger charge is -2.11. The summed E-state index contributed by atoms with van der Waals surface area (Å²) in [5.41, 5.74) is 8.82. The molecule has 0 aliphatic heterocycles. The molecule has 0 saturated carbocycles. The molecule has 23 heavy (non-hydrogen) atoms. The fourth-order valence-corrected chi connectivity index (χ4v) is 2.41. The van der Waals surface area contributed by atoms with Crippen LogP contribution in [0.4, 0.5) is 11.4 Å². The number of hydrogen-bond acceptors (Lipinski definition) is 5. The summed E-state index contributed by atoms with van der Waals surface area (Å²) in [4.78, 5) is 0. The minimum absolute atomic E-state index is 0.679. The first kappa shape index (κ1) is 16.8. The second kappa shape index (κ2) is 8.17. The number of rotatable bonds is 8. The quantitative estimate of drug-likeness (QED) is 0.577. The van der Waals surface area contributed by atoms with Gasteiger partial charge in [-0.25, -0.2) is 0 Å². The Labute approximate surface area is 137 Å². The van der Waals surface area contributed by atoms with Gasteiger partial charge in [-0.15, -0.1) is 0 Å². The summed E-state index contributed by atoms with van der Waals surface area (Å²) in [5, 5.41) is 3.39. The molecule has 5 heteroatoms. The zero-order valence-electron chi connectivity index (χ0n) is 13.9. The van der Waals surface area contributed by atoms with Crippen LogP contribution >= 0.6 is 0 Å². The van der Waals surface area contributed by atoms with Crippen molar-refractivity contribution in [2.75, 3.05) is 38.9 Å². The fraction of sp³-hybridized carbons (Fsp3) is 0.333. The molecule has 0 spiro atoms. The molecule has 0 bridgehead atoms. The van der Waals surface area contributed by atoms with Gasteiger partial charge in [-0.05, 0) is 42.7 Å². The van der Waals surface area contributed by atoms with Gasteiger partial charge in [0.2, 0.25) is 0 Å². The van der Waals surface area contributed by atoms with Crippen molar-refractivity contribution in [1.29, 1.82) is 0 Å². The van der Waals surface area contributed by atoms with Crippen molar-refractivity contribution in [2.45, 2.75) is 12.8 Å². The van der Waals surface area contributed by atoms with Gasteiger partial charge >= 0.3 is 0 Å². The second-order valence-electron chi connectivity index (χ2n) is 5.18. The van der Waals surface area contributed by atoms with E-state index < -0.39 is 0 Å². The molecular weight excluding hydrogens is 292 g/mol. The molecule has 2 aromatic rings. The summed E-state index contributed by atoms with van der Waals surface area (Å²) in [5.74, 6) is 2.17. The maximum atomic E-state index is 5.92. The van der Waals surface area contributed by atoms with Crippen molar-refractivity contribution in [2.24, 2.45) is 0 Å². The Morgan fingerprint density at radius 3 is 2.22 bits per heavy atom. The summed E-state index contributed by atoms with van der Waals surface area (Å²) >= 11 is 0. The third kappa shape index (κ3) is 4.45. The Hall–Kier alpha value is -2.56. The van der Waals surface area contributed by atoms with Crippen molar-refractivity contribution in [3.63, 3.8) is 0 Å². The van der Waals surface area contributed by atoms with Crippen LogP contribution < -0.4 is 25.3 Å². The molecule has 0 aromatic heterocycles. The van der Waals surface area contributed by atoms with Gasteiger partial charge in [0.15, 0.2) is 11.5 Å². The lowest BCUT2D eigenvalue weighted by Crippen LogP contribution is -2.04. The molecule has 0 fully saturated rings. The lowest BCUT2D eigenvalue weighted by molar-refractivity contribution is 0.355. The van der Waals surface area contributed by atoms with Crippen molar-refractivity contribution >= 4 is 11.4 Å². The molecule has 2 rings (SSSR count). The summed E-state index contributed by atoms with van der Waals surface area (Å²) in [6.07, 6.45) is 1.95. The van der Waals surface area contributed by atoms with Crippen LogP contribution in [0.5, 0.6) is 17.2 Å². The molecule has 0 saturated heterocycles. The summed E-state index contributed by atoms with van der Waals surface area (Å²) in [7, 11) is 4.89. The minimum Gasteiger partial charge on any atom is -0.495 e. The van der Waals surface area contributed by atoms with E-state index in [1.807, 2.05) is 36.4 Å². The molecular formula is C18H24N2O3. The van der Waals surface area contributed by atoms with E-state index >= 15 is 0 Å². The van der Waals surface area contributed by atoms with Crippen LogP contribution in [-0.4, -0.2) is 27.9 Å². The fourth-order valence-electron chi connectivity index (χ4n) is 2.41. The largest absolute Gasteiger partial charge is 0.495 e. The molecule has 0 heterocycles. The van der Waals surface area contributed by atoms with Gasteiger partial charge in [0.1, 0.15) is 5.75 Å². The Morgan fingerprint density at radius 1 is 0.870 bits per heavy atom. The van der Waals surface area contributed by atoms with E-state index in [0.29, 0.717) is 5.69 Å². The third-order valence-electron chi connectivity index (χ3n) is 3.65. The monoisotopic (exact) mass is 316 g/mol. The summed E-state index contributed by atoms with van der Waals surface area (Å²) in [6, 6.07) is 11.7. The Kier molecular flexibility index (Phi) is 5.97. The Bertz CT molecular complexity index is 644. The van der Waals surface area contributed by atoms with Crippen LogP contribution in [-0.2, 0) is 6.42 Å². The third-order valence-corrected chi connectivity index (χ3v) is 3.65. The van der Waals surface area contributed by atoms with Crippen LogP contribution in [0.15, 0.2) is 36.4 Å². The standard InChI is InChI=1S/C18H24N2O3/c1-21-16-8-6-13(11-15(16)19)5-4-10-20-14-7-9-17(22-2)18(12-14)23-3/h6-9,11-12,20H,4-5,10,19H2,1-3H3. The van der Waals surface area contributed by atoms with Crippen LogP contribution in [0.1, 0.15) is 12.0 Å². The predicted octanol–water partition coefficient (Wildman–Crippen LogP) is 3.34. The molecule has 0 atom stereocenters. The van der Waals surface area contributed by atoms with Crippen LogP contribution in [0.25, 0.3) is 0 Å².